The molecule has 4 N–H and O–H groups in total. The normalized spacial score (nSPS) is 18.0. The number of hydrogen-bond acceptors (Lipinski definition) is 8. The van der Waals surface area contributed by atoms with E-state index in [2.05, 4.69) is 5.32 Å². The molecule has 1 fully saturated rings. The average Bonchev–Trinajstić information content (AvgIpc) is 3.49. The minimum absolute atomic E-state index is 0.172. The van der Waals surface area contributed by atoms with Gasteiger partial charge in [-0.05, 0) is 55.4 Å². The first kappa shape index (κ1) is 43.0. The number of anilines is 1. The number of amides is 5. The van der Waals surface area contributed by atoms with Crippen LogP contribution < -0.4 is 15.4 Å². The molecule has 0 aromatic heterocycles. The maximum atomic E-state index is 13.8. The monoisotopic (exact) mass is 747 g/mol. The Balaban J connectivity index is 2.25. The van der Waals surface area contributed by atoms with Gasteiger partial charge in [0.2, 0.25) is 17.7 Å². The van der Waals surface area contributed by atoms with E-state index in [0.717, 1.165) is 24.3 Å². The Labute approximate surface area is 296 Å². The van der Waals surface area contributed by atoms with Crippen molar-refractivity contribution in [1.82, 2.24) is 19.8 Å². The van der Waals surface area contributed by atoms with Gasteiger partial charge in [0.05, 0.1) is 29.0 Å². The summed E-state index contributed by atoms with van der Waals surface area (Å²) in [4.78, 5) is 65.7. The van der Waals surface area contributed by atoms with E-state index in [9.17, 15) is 50.7 Å². The van der Waals surface area contributed by atoms with Crippen LogP contribution in [-0.2, 0) is 33.9 Å². The number of sulfonamides is 1. The molecule has 0 bridgehead atoms. The van der Waals surface area contributed by atoms with E-state index in [1.54, 1.807) is 39.1 Å². The minimum atomic E-state index is -5.15. The number of hydrogen-bond donors (Lipinski definition) is 4. The Bertz CT molecular complexity index is 1590. The molecule has 1 aromatic carbocycles. The van der Waals surface area contributed by atoms with Gasteiger partial charge in [0, 0.05) is 32.0 Å². The van der Waals surface area contributed by atoms with Crippen LogP contribution in [0, 0.1) is 17.3 Å². The number of methoxy groups -OCH3 is 1. The minimum Gasteiger partial charge on any atom is -0.465 e. The number of benzene rings is 1. The van der Waals surface area contributed by atoms with Crippen LogP contribution in [0.15, 0.2) is 40.8 Å². The third-order valence-electron chi connectivity index (χ3n) is 8.65. The largest absolute Gasteiger partial charge is 0.471 e. The summed E-state index contributed by atoms with van der Waals surface area (Å²) in [6.07, 6.45) is -4.79. The van der Waals surface area contributed by atoms with E-state index in [1.165, 1.54) is 30.9 Å². The molecule has 1 saturated heterocycles. The molecule has 0 aliphatic carbocycles. The van der Waals surface area contributed by atoms with Crippen molar-refractivity contribution >= 4 is 45.4 Å². The molecule has 1 heterocycles. The number of carbonyl (C=O) groups excluding carboxylic acids is 4. The molecule has 1 aliphatic rings. The average molecular weight is 748 g/mol. The van der Waals surface area contributed by atoms with E-state index in [4.69, 9.17) is 4.74 Å². The zero-order valence-corrected chi connectivity index (χ0v) is 30.9. The first-order chi connectivity index (χ1) is 23.3. The molecule has 0 radical (unpaired) electrons. The van der Waals surface area contributed by atoms with Gasteiger partial charge >= 0.3 is 18.2 Å². The maximum Gasteiger partial charge on any atom is 0.471 e. The van der Waals surface area contributed by atoms with E-state index in [0.29, 0.717) is 25.0 Å². The van der Waals surface area contributed by atoms with Crippen molar-refractivity contribution in [3.8, 4) is 0 Å². The van der Waals surface area contributed by atoms with Crippen molar-refractivity contribution in [1.29, 1.82) is 0 Å². The van der Waals surface area contributed by atoms with E-state index < -0.39 is 80.5 Å². The number of rotatable bonds is 13. The second-order valence-corrected chi connectivity index (χ2v) is 15.6. The topological polar surface area (TPSA) is 192 Å². The van der Waals surface area contributed by atoms with Crippen LogP contribution >= 0.6 is 0 Å². The molecule has 5 amide bonds. The molecule has 5 atom stereocenters. The summed E-state index contributed by atoms with van der Waals surface area (Å²) < 4.78 is 71.2. The van der Waals surface area contributed by atoms with E-state index in [-0.39, 0.29) is 17.5 Å². The van der Waals surface area contributed by atoms with Crippen LogP contribution in [0.4, 0.5) is 23.7 Å². The highest BCUT2D eigenvalue weighted by Crippen LogP contribution is 2.29. The van der Waals surface area contributed by atoms with Crippen molar-refractivity contribution in [3.05, 3.63) is 35.9 Å². The zero-order chi connectivity index (χ0) is 39.2. The Morgan fingerprint density at radius 2 is 1.63 bits per heavy atom. The van der Waals surface area contributed by atoms with Gasteiger partial charge in [0.1, 0.15) is 6.04 Å². The van der Waals surface area contributed by atoms with Crippen molar-refractivity contribution < 1.29 is 55.4 Å². The summed E-state index contributed by atoms with van der Waals surface area (Å²) in [5.74, 6) is -5.32. The van der Waals surface area contributed by atoms with E-state index >= 15 is 0 Å². The van der Waals surface area contributed by atoms with Gasteiger partial charge in [-0.3, -0.25) is 19.2 Å². The number of halogens is 3. The van der Waals surface area contributed by atoms with Gasteiger partial charge in [0.15, 0.2) is 0 Å². The molecular formula is C33H48F3N5O9S. The fraction of sp³-hybridized carbons (Fsp3) is 0.606. The van der Waals surface area contributed by atoms with Crippen LogP contribution in [0.1, 0.15) is 61.3 Å². The summed E-state index contributed by atoms with van der Waals surface area (Å²) in [7, 11) is -1.63. The summed E-state index contributed by atoms with van der Waals surface area (Å²) in [6, 6.07) is 1.45. The molecule has 0 saturated carbocycles. The Kier molecular flexibility index (Phi) is 14.2. The molecule has 2 rings (SSSR count). The highest BCUT2D eigenvalue weighted by atomic mass is 32.2. The summed E-state index contributed by atoms with van der Waals surface area (Å²) in [5.41, 5.74) is -0.764. The van der Waals surface area contributed by atoms with Gasteiger partial charge in [-0.25, -0.2) is 17.9 Å². The lowest BCUT2D eigenvalue weighted by atomic mass is 9.85. The molecule has 1 aromatic rings. The summed E-state index contributed by atoms with van der Waals surface area (Å²) in [5, 5.41) is 13.2. The number of likely N-dealkylation sites (N-methyl/N-ethyl adjacent to an activating group) is 1. The van der Waals surface area contributed by atoms with Crippen LogP contribution in [0.2, 0.25) is 0 Å². The number of ether oxygens (including phenoxy) is 1. The predicted octanol–water partition coefficient (Wildman–Crippen LogP) is 3.75. The number of likely N-dealkylation sites (tertiary alicyclic amines) is 1. The van der Waals surface area contributed by atoms with Gasteiger partial charge in [-0.2, -0.15) is 13.2 Å². The number of nitrogens with zero attached hydrogens (tertiary/aromatic N) is 2. The first-order valence-corrected chi connectivity index (χ1v) is 17.6. The lowest BCUT2D eigenvalue weighted by molar-refractivity contribution is -0.167. The number of carbonyl (C=O) groups is 5. The molecule has 0 unspecified atom stereocenters. The van der Waals surface area contributed by atoms with Crippen molar-refractivity contribution in [2.45, 2.75) is 96.6 Å². The van der Waals surface area contributed by atoms with Crippen LogP contribution in [-0.4, -0.2) is 104 Å². The second-order valence-electron chi connectivity index (χ2n) is 13.9. The predicted molar refractivity (Wildman–Crippen MR) is 181 cm³/mol. The molecule has 1 aliphatic heterocycles. The number of alkyl halides is 3. The molecule has 0 spiro atoms. The van der Waals surface area contributed by atoms with Crippen molar-refractivity contribution in [2.24, 2.45) is 17.3 Å². The van der Waals surface area contributed by atoms with E-state index in [1.807, 2.05) is 18.6 Å². The Morgan fingerprint density at radius 3 is 2.10 bits per heavy atom. The first-order valence-electron chi connectivity index (χ1n) is 16.2. The molecular weight excluding hydrogens is 699 g/mol. The van der Waals surface area contributed by atoms with Gasteiger partial charge in [-0.15, -0.1) is 0 Å². The summed E-state index contributed by atoms with van der Waals surface area (Å²) in [6.45, 7) is 12.2. The quantitative estimate of drug-likeness (QED) is 0.218. The highest BCUT2D eigenvalue weighted by Gasteiger charge is 2.42. The van der Waals surface area contributed by atoms with Crippen molar-refractivity contribution in [2.75, 3.05) is 26.0 Å². The molecule has 18 heteroatoms. The molecule has 286 valence electrons. The van der Waals surface area contributed by atoms with Crippen LogP contribution in [0.5, 0.6) is 0 Å². The van der Waals surface area contributed by atoms with Crippen molar-refractivity contribution in [3.63, 3.8) is 0 Å². The Morgan fingerprint density at radius 1 is 1.06 bits per heavy atom. The zero-order valence-electron chi connectivity index (χ0n) is 30.1. The second kappa shape index (κ2) is 16.9. The summed E-state index contributed by atoms with van der Waals surface area (Å²) >= 11 is 0. The number of carboxylic acid groups (broad SMARTS) is 1. The SMILES string of the molecule is CO[C@H]([C@@H](C)C(=O)NS(=O)(=O)c1ccc(NC(=O)C(F)(F)F)cc1)[C@@H]1CCCN1C(=O)C(C)=C[C@H](C(C)C)N(C)C(=O)[C@@H](NC(=O)O)C(C)(C)C. The third kappa shape index (κ3) is 11.1. The fourth-order valence-corrected chi connectivity index (χ4v) is 6.92. The maximum absolute atomic E-state index is 13.8. The van der Waals surface area contributed by atoms with Crippen LogP contribution in [0.3, 0.4) is 0 Å². The van der Waals surface area contributed by atoms with Gasteiger partial charge < -0.3 is 30.3 Å². The highest BCUT2D eigenvalue weighted by molar-refractivity contribution is 7.90. The van der Waals surface area contributed by atoms with Crippen LogP contribution in [0.25, 0.3) is 0 Å². The standard InChI is InChI=1S/C33H48F3N5O9S/c1-18(2)24(40(8)29(44)26(32(5,6)7)38-31(46)47)17-19(3)28(43)41-16-10-11-23(41)25(50-9)20(4)27(42)39-51(48,49)22-14-12-21(13-15-22)37-30(45)33(34,35)36/h12-15,17-18,20,23-26,38H,10-11,16H2,1-9H3,(H,37,45)(H,39,42)(H,46,47)/t20-,23+,24-,25-,26-/m1/s1. The Hall–Kier alpha value is -4.19. The smallest absolute Gasteiger partial charge is 0.465 e. The molecule has 51 heavy (non-hydrogen) atoms. The number of nitrogens with one attached hydrogen (secondary N) is 3. The third-order valence-corrected chi connectivity index (χ3v) is 10.0. The van der Waals surface area contributed by atoms with Gasteiger partial charge in [0.25, 0.3) is 10.0 Å². The fourth-order valence-electron chi connectivity index (χ4n) is 5.86. The van der Waals surface area contributed by atoms with Gasteiger partial charge in [-0.1, -0.05) is 47.6 Å². The lowest BCUT2D eigenvalue weighted by Gasteiger charge is -2.37. The molecule has 14 nitrogen and oxygen atoms in total. The lowest BCUT2D eigenvalue weighted by Crippen LogP contribution is -2.56.